The Morgan fingerprint density at radius 1 is 1.50 bits per heavy atom. The van der Waals surface area contributed by atoms with Crippen LogP contribution in [-0.2, 0) is 24.4 Å². The quantitative estimate of drug-likeness (QED) is 0.542. The van der Waals surface area contributed by atoms with Crippen molar-refractivity contribution in [1.29, 1.82) is 0 Å². The molecule has 0 aromatic carbocycles. The Hall–Kier alpha value is 0.870. The van der Waals surface area contributed by atoms with Crippen LogP contribution in [-0.4, -0.2) is 0 Å². The van der Waals surface area contributed by atoms with Crippen molar-refractivity contribution in [3.63, 3.8) is 0 Å². The van der Waals surface area contributed by atoms with E-state index in [0.717, 1.165) is 3.67 Å². The molecule has 0 amide bonds. The summed E-state index contributed by atoms with van der Waals surface area (Å²) in [6.45, 7) is 4.46. The molecule has 0 unspecified atom stereocenters. The van der Waals surface area contributed by atoms with Gasteiger partial charge in [-0.3, -0.25) is 0 Å². The van der Waals surface area contributed by atoms with Crippen LogP contribution in [0.2, 0.25) is 3.67 Å². The Balaban J connectivity index is 2.32. The first-order valence-electron chi connectivity index (χ1n) is 1.44. The molecule has 0 N–H and O–H groups in total. The fraction of sp³-hybridized carbons (Fsp3) is 1.00. The monoisotopic (exact) mass is 223 g/mol. The van der Waals surface area contributed by atoms with Crippen molar-refractivity contribution < 1.29 is 24.4 Å². The summed E-state index contributed by atoms with van der Waals surface area (Å²) in [6, 6.07) is 0. The molecule has 0 aliphatic heterocycles. The number of hydrogen-bond donors (Lipinski definition) is 0. The van der Waals surface area contributed by atoms with Gasteiger partial charge in [-0.1, -0.05) is 0 Å². The maximum absolute atomic E-state index is 2.23. The third-order valence-electron chi connectivity index (χ3n) is 0. The molecule has 0 heterocycles. The van der Waals surface area contributed by atoms with Crippen LogP contribution in [0.1, 0.15) is 13.8 Å². The minimum absolute atomic E-state index is 0.972. The van der Waals surface area contributed by atoms with Crippen LogP contribution in [0.4, 0.5) is 0 Å². The molecule has 0 fully saturated rings. The predicted octanol–water partition coefficient (Wildman–Crippen LogP) is 1.36. The predicted molar refractivity (Wildman–Crippen MR) is 15.1 cm³/mol. The molecule has 0 bridgehead atoms. The first kappa shape index (κ1) is 4.87. The zero-order valence-electron chi connectivity index (χ0n) is 3.08. The average Bonchev–Trinajstić information content (AvgIpc) is 0.811. The van der Waals surface area contributed by atoms with E-state index in [4.69, 9.17) is 0 Å². The second-order valence-electron chi connectivity index (χ2n) is 1.15. The number of rotatable bonds is 0. The first-order chi connectivity index (χ1) is 1.73. The summed E-state index contributed by atoms with van der Waals surface area (Å²) in [4.78, 5) is 0. The van der Waals surface area contributed by atoms with Gasteiger partial charge in [0.25, 0.3) is 0 Å². The second-order valence-corrected chi connectivity index (χ2v) is 5.30. The summed E-state index contributed by atoms with van der Waals surface area (Å²) >= 11 is 1.35. The zero-order chi connectivity index (χ0) is 3.58. The molecule has 0 aromatic heterocycles. The second kappa shape index (κ2) is 2.13. The van der Waals surface area contributed by atoms with E-state index in [1.54, 1.807) is 0 Å². The summed E-state index contributed by atoms with van der Waals surface area (Å²) in [6.07, 6.45) is 0. The van der Waals surface area contributed by atoms with Gasteiger partial charge in [0, 0.05) is 0 Å². The molecule has 0 aliphatic carbocycles. The van der Waals surface area contributed by atoms with Crippen LogP contribution in [0.5, 0.6) is 0 Å². The van der Waals surface area contributed by atoms with Crippen molar-refractivity contribution in [3.05, 3.63) is 0 Å². The van der Waals surface area contributed by atoms with Crippen LogP contribution < -0.4 is 0 Å². The maximum atomic E-state index is 2.23. The van der Waals surface area contributed by atoms with E-state index in [1.807, 2.05) is 0 Å². The fourth-order valence-corrected chi connectivity index (χ4v) is 0. The molecule has 0 aliphatic rings. The molecule has 4 heavy (non-hydrogen) atoms. The van der Waals surface area contributed by atoms with Crippen LogP contribution in [0.3, 0.4) is 0 Å². The number of hydrogen-bond acceptors (Lipinski definition) is 0. The molecule has 0 radical (unpaired) electrons. The van der Waals surface area contributed by atoms with Crippen molar-refractivity contribution in [2.75, 3.05) is 0 Å². The Kier molecular flexibility index (Phi) is 2.59. The van der Waals surface area contributed by atoms with Crippen LogP contribution in [0.25, 0.3) is 0 Å². The van der Waals surface area contributed by atoms with Gasteiger partial charge in [-0.15, -0.1) is 0 Å². The molecular weight excluding hydrogens is 215 g/mol. The third kappa shape index (κ3) is 13.3. The Labute approximate surface area is 42.2 Å². The normalized spacial score (nSPS) is 8.50. The third-order valence-corrected chi connectivity index (χ3v) is 0. The summed E-state index contributed by atoms with van der Waals surface area (Å²) in [5.41, 5.74) is 0. The fourth-order valence-electron chi connectivity index (χ4n) is 0. The molecule has 0 saturated carbocycles. The standard InChI is InChI=1S/C3H7.Hf/c1-3-2;/h3H,1-2H3;. The van der Waals surface area contributed by atoms with Gasteiger partial charge in [0.1, 0.15) is 0 Å². The van der Waals surface area contributed by atoms with Gasteiger partial charge in [0.2, 0.25) is 0 Å². The SMILES string of the molecule is C[CH](C)[Hf]. The van der Waals surface area contributed by atoms with Gasteiger partial charge in [0.15, 0.2) is 0 Å². The molecule has 1 heteroatoms. The van der Waals surface area contributed by atoms with E-state index in [9.17, 15) is 0 Å². The van der Waals surface area contributed by atoms with Crippen molar-refractivity contribution >= 4 is 0 Å². The van der Waals surface area contributed by atoms with Crippen molar-refractivity contribution in [2.24, 2.45) is 0 Å². The average molecular weight is 222 g/mol. The van der Waals surface area contributed by atoms with E-state index in [2.05, 4.69) is 13.8 Å². The zero-order valence-corrected chi connectivity index (χ0v) is 6.67. The minimum atomic E-state index is 0.972. The molecule has 0 saturated heterocycles. The molecule has 0 rings (SSSR count). The summed E-state index contributed by atoms with van der Waals surface area (Å²) in [5.74, 6) is 0. The molecular formula is C3H7Hf. The van der Waals surface area contributed by atoms with E-state index in [0.29, 0.717) is 0 Å². The van der Waals surface area contributed by atoms with Gasteiger partial charge >= 0.3 is 41.9 Å². The summed E-state index contributed by atoms with van der Waals surface area (Å²) < 4.78 is 0.972. The van der Waals surface area contributed by atoms with Crippen LogP contribution in [0.15, 0.2) is 0 Å². The molecule has 23 valence electrons. The first-order valence-corrected chi connectivity index (χ1v) is 3.52. The van der Waals surface area contributed by atoms with E-state index in [1.165, 1.54) is 24.4 Å². The molecule has 0 atom stereocenters. The molecule has 0 aromatic rings. The van der Waals surface area contributed by atoms with Crippen molar-refractivity contribution in [1.82, 2.24) is 0 Å². The Morgan fingerprint density at radius 3 is 1.50 bits per heavy atom. The topological polar surface area (TPSA) is 0 Å². The summed E-state index contributed by atoms with van der Waals surface area (Å²) in [5, 5.41) is 0. The van der Waals surface area contributed by atoms with Gasteiger partial charge in [-0.2, -0.15) is 0 Å². The van der Waals surface area contributed by atoms with Crippen LogP contribution >= 0.6 is 0 Å². The van der Waals surface area contributed by atoms with Gasteiger partial charge in [-0.05, 0) is 0 Å². The molecule has 0 spiro atoms. The summed E-state index contributed by atoms with van der Waals surface area (Å²) in [7, 11) is 0. The van der Waals surface area contributed by atoms with Gasteiger partial charge < -0.3 is 0 Å². The van der Waals surface area contributed by atoms with E-state index < -0.39 is 0 Å². The van der Waals surface area contributed by atoms with Gasteiger partial charge in [0.05, 0.1) is 0 Å². The van der Waals surface area contributed by atoms with Crippen LogP contribution in [0, 0.1) is 0 Å². The van der Waals surface area contributed by atoms with E-state index in [-0.39, 0.29) is 0 Å². The Bertz CT molecular complexity index is 8.00. The van der Waals surface area contributed by atoms with E-state index >= 15 is 0 Å². The van der Waals surface area contributed by atoms with Crippen molar-refractivity contribution in [2.45, 2.75) is 17.5 Å². The van der Waals surface area contributed by atoms with Gasteiger partial charge in [-0.25, -0.2) is 0 Å². The van der Waals surface area contributed by atoms with Crippen molar-refractivity contribution in [3.8, 4) is 0 Å². The Morgan fingerprint density at radius 2 is 1.50 bits per heavy atom. The molecule has 0 nitrogen and oxygen atoms in total.